The van der Waals surface area contributed by atoms with Crippen molar-refractivity contribution >= 4 is 17.3 Å². The van der Waals surface area contributed by atoms with E-state index in [0.717, 1.165) is 54.9 Å². The summed E-state index contributed by atoms with van der Waals surface area (Å²) in [5.74, 6) is -0.625. The number of aryl methyl sites for hydroxylation is 2. The third kappa shape index (κ3) is 5.82. The third-order valence-corrected chi connectivity index (χ3v) is 6.12. The molecule has 0 fully saturated rings. The van der Waals surface area contributed by atoms with Gasteiger partial charge in [-0.2, -0.15) is 13.2 Å². The molecule has 0 spiro atoms. The molecule has 3 aromatic rings. The standard InChI is InChI=1S/C27H28F3N3O2/c1-3-35-13-12-33-11-5-7-19-9-10-20(15-25(19)33)24-16-23(17-31-18(24)2)32-26(34)21-6-4-8-22(14-21)27(28,29)30/h4,6,8-10,14-17H,3,5,7,11-13H2,1-2H3,(H,32,34). The summed E-state index contributed by atoms with van der Waals surface area (Å²) in [5, 5.41) is 2.68. The molecule has 8 heteroatoms. The second-order valence-corrected chi connectivity index (χ2v) is 8.52. The second-order valence-electron chi connectivity index (χ2n) is 8.52. The number of carbonyl (C=O) groups is 1. The predicted octanol–water partition coefficient (Wildman–Crippen LogP) is 6.12. The van der Waals surface area contributed by atoms with Crippen LogP contribution in [0.4, 0.5) is 24.5 Å². The molecule has 184 valence electrons. The topological polar surface area (TPSA) is 54.5 Å². The van der Waals surface area contributed by atoms with Crippen LogP contribution in [0.1, 0.15) is 40.5 Å². The maximum Gasteiger partial charge on any atom is 0.416 e. The highest BCUT2D eigenvalue weighted by Gasteiger charge is 2.31. The van der Waals surface area contributed by atoms with E-state index in [1.165, 1.54) is 29.6 Å². The van der Waals surface area contributed by atoms with Crippen LogP contribution in [-0.4, -0.2) is 37.2 Å². The molecule has 1 aromatic heterocycles. The van der Waals surface area contributed by atoms with Gasteiger partial charge in [0.1, 0.15) is 0 Å². The molecule has 0 saturated carbocycles. The van der Waals surface area contributed by atoms with Gasteiger partial charge in [0, 0.05) is 42.2 Å². The Labute approximate surface area is 202 Å². The van der Waals surface area contributed by atoms with Crippen molar-refractivity contribution in [2.24, 2.45) is 0 Å². The Bertz CT molecular complexity index is 1210. The Hall–Kier alpha value is -3.39. The number of alkyl halides is 3. The van der Waals surface area contributed by atoms with Gasteiger partial charge in [-0.05, 0) is 68.1 Å². The number of ether oxygens (including phenoxy) is 1. The summed E-state index contributed by atoms with van der Waals surface area (Å²) in [5.41, 5.74) is 4.55. The van der Waals surface area contributed by atoms with Crippen molar-refractivity contribution in [3.05, 3.63) is 77.1 Å². The van der Waals surface area contributed by atoms with E-state index < -0.39 is 17.6 Å². The van der Waals surface area contributed by atoms with E-state index in [4.69, 9.17) is 4.74 Å². The average molecular weight is 484 g/mol. The van der Waals surface area contributed by atoms with Crippen molar-refractivity contribution in [1.82, 2.24) is 4.98 Å². The van der Waals surface area contributed by atoms with Gasteiger partial charge >= 0.3 is 6.18 Å². The summed E-state index contributed by atoms with van der Waals surface area (Å²) < 4.78 is 44.6. The van der Waals surface area contributed by atoms with Gasteiger partial charge in [-0.15, -0.1) is 0 Å². The highest BCUT2D eigenvalue weighted by Crippen LogP contribution is 2.34. The first-order valence-corrected chi connectivity index (χ1v) is 11.7. The number of carbonyl (C=O) groups excluding carboxylic acids is 1. The van der Waals surface area contributed by atoms with Crippen molar-refractivity contribution in [2.45, 2.75) is 32.9 Å². The number of anilines is 2. The van der Waals surface area contributed by atoms with Crippen LogP contribution in [0.5, 0.6) is 0 Å². The summed E-state index contributed by atoms with van der Waals surface area (Å²) in [7, 11) is 0. The number of nitrogens with zero attached hydrogens (tertiary/aromatic N) is 2. The molecule has 0 aliphatic carbocycles. The largest absolute Gasteiger partial charge is 0.416 e. The molecule has 0 radical (unpaired) electrons. The smallest absolute Gasteiger partial charge is 0.380 e. The van der Waals surface area contributed by atoms with E-state index >= 15 is 0 Å². The normalized spacial score (nSPS) is 13.5. The Kier molecular flexibility index (Phi) is 7.40. The van der Waals surface area contributed by atoms with E-state index in [-0.39, 0.29) is 5.56 Å². The lowest BCUT2D eigenvalue weighted by Gasteiger charge is -2.31. The lowest BCUT2D eigenvalue weighted by atomic mass is 9.96. The van der Waals surface area contributed by atoms with Crippen molar-refractivity contribution < 1.29 is 22.7 Å². The minimum Gasteiger partial charge on any atom is -0.380 e. The highest BCUT2D eigenvalue weighted by molar-refractivity contribution is 6.04. The number of hydrogen-bond donors (Lipinski definition) is 1. The summed E-state index contributed by atoms with van der Waals surface area (Å²) in [6.45, 7) is 7.00. The fourth-order valence-electron chi connectivity index (χ4n) is 4.30. The minimum absolute atomic E-state index is 0.0688. The monoisotopic (exact) mass is 483 g/mol. The van der Waals surface area contributed by atoms with E-state index in [0.29, 0.717) is 18.9 Å². The van der Waals surface area contributed by atoms with Gasteiger partial charge in [-0.1, -0.05) is 18.2 Å². The van der Waals surface area contributed by atoms with E-state index in [2.05, 4.69) is 27.3 Å². The molecule has 1 aliphatic heterocycles. The summed E-state index contributed by atoms with van der Waals surface area (Å²) in [4.78, 5) is 19.4. The molecule has 0 atom stereocenters. The van der Waals surface area contributed by atoms with Gasteiger partial charge in [0.15, 0.2) is 0 Å². The summed E-state index contributed by atoms with van der Waals surface area (Å²) in [6, 6.07) is 12.5. The molecule has 2 aromatic carbocycles. The van der Waals surface area contributed by atoms with E-state index in [1.807, 2.05) is 26.0 Å². The van der Waals surface area contributed by atoms with Gasteiger partial charge < -0.3 is 15.0 Å². The molecule has 1 amide bonds. The summed E-state index contributed by atoms with van der Waals surface area (Å²) >= 11 is 0. The molecule has 5 nitrogen and oxygen atoms in total. The Balaban J connectivity index is 1.58. The minimum atomic E-state index is -4.52. The van der Waals surface area contributed by atoms with Crippen LogP contribution in [0.15, 0.2) is 54.7 Å². The zero-order valence-electron chi connectivity index (χ0n) is 19.8. The molecular formula is C27H28F3N3O2. The third-order valence-electron chi connectivity index (χ3n) is 6.12. The number of fused-ring (bicyclic) bond motifs is 1. The van der Waals surface area contributed by atoms with Crippen LogP contribution < -0.4 is 10.2 Å². The van der Waals surface area contributed by atoms with Crippen LogP contribution in [0.25, 0.3) is 11.1 Å². The fraction of sp³-hybridized carbons (Fsp3) is 0.333. The Morgan fingerprint density at radius 2 is 2.00 bits per heavy atom. The second kappa shape index (κ2) is 10.5. The number of hydrogen-bond acceptors (Lipinski definition) is 4. The molecule has 0 unspecified atom stereocenters. The number of benzene rings is 2. The molecular weight excluding hydrogens is 455 g/mol. The lowest BCUT2D eigenvalue weighted by molar-refractivity contribution is -0.137. The zero-order valence-corrected chi connectivity index (χ0v) is 19.8. The maximum atomic E-state index is 13.0. The van der Waals surface area contributed by atoms with Crippen LogP contribution in [0, 0.1) is 6.92 Å². The molecule has 35 heavy (non-hydrogen) atoms. The zero-order chi connectivity index (χ0) is 25.0. The number of pyridine rings is 1. The quantitative estimate of drug-likeness (QED) is 0.412. The average Bonchev–Trinajstić information content (AvgIpc) is 2.85. The van der Waals surface area contributed by atoms with Crippen LogP contribution in [-0.2, 0) is 17.3 Å². The van der Waals surface area contributed by atoms with Gasteiger partial charge in [0.25, 0.3) is 5.91 Å². The van der Waals surface area contributed by atoms with Crippen LogP contribution in [0.2, 0.25) is 0 Å². The first kappa shape index (κ1) is 24.7. The highest BCUT2D eigenvalue weighted by atomic mass is 19.4. The number of halogens is 3. The van der Waals surface area contributed by atoms with Crippen molar-refractivity contribution in [3.8, 4) is 11.1 Å². The van der Waals surface area contributed by atoms with Crippen molar-refractivity contribution in [2.75, 3.05) is 36.5 Å². The predicted molar refractivity (Wildman–Crippen MR) is 131 cm³/mol. The number of nitrogens with one attached hydrogen (secondary N) is 1. The summed E-state index contributed by atoms with van der Waals surface area (Å²) in [6.07, 6.45) is -0.893. The molecule has 2 heterocycles. The number of rotatable bonds is 7. The number of aromatic nitrogens is 1. The van der Waals surface area contributed by atoms with Crippen molar-refractivity contribution in [1.29, 1.82) is 0 Å². The first-order chi connectivity index (χ1) is 16.8. The Morgan fingerprint density at radius 1 is 1.17 bits per heavy atom. The number of amides is 1. The van der Waals surface area contributed by atoms with Gasteiger partial charge in [-0.3, -0.25) is 9.78 Å². The molecule has 0 bridgehead atoms. The SMILES string of the molecule is CCOCCN1CCCc2ccc(-c3cc(NC(=O)c4cccc(C(F)(F)F)c4)cnc3C)cc21. The fourth-order valence-corrected chi connectivity index (χ4v) is 4.30. The lowest BCUT2D eigenvalue weighted by Crippen LogP contribution is -2.32. The Morgan fingerprint density at radius 3 is 2.77 bits per heavy atom. The van der Waals surface area contributed by atoms with Crippen molar-refractivity contribution in [3.63, 3.8) is 0 Å². The van der Waals surface area contributed by atoms with Crippen LogP contribution >= 0.6 is 0 Å². The first-order valence-electron chi connectivity index (χ1n) is 11.7. The van der Waals surface area contributed by atoms with E-state index in [9.17, 15) is 18.0 Å². The molecule has 4 rings (SSSR count). The maximum absolute atomic E-state index is 13.0. The molecule has 1 aliphatic rings. The molecule has 1 N–H and O–H groups in total. The van der Waals surface area contributed by atoms with Gasteiger partial charge in [0.2, 0.25) is 0 Å². The molecule has 0 saturated heterocycles. The van der Waals surface area contributed by atoms with E-state index in [1.54, 1.807) is 0 Å². The van der Waals surface area contributed by atoms with Gasteiger partial charge in [-0.25, -0.2) is 0 Å². The van der Waals surface area contributed by atoms with Crippen LogP contribution in [0.3, 0.4) is 0 Å². The van der Waals surface area contributed by atoms with Gasteiger partial charge in [0.05, 0.1) is 24.1 Å².